The molecule has 2 aromatic heterocycles. The van der Waals surface area contributed by atoms with Crippen molar-refractivity contribution < 1.29 is 27.1 Å². The van der Waals surface area contributed by atoms with E-state index in [1.165, 1.54) is 25.5 Å². The molecule has 158 valence electrons. The number of furan rings is 1. The van der Waals surface area contributed by atoms with Crippen molar-refractivity contribution in [2.24, 2.45) is 0 Å². The Kier molecular flexibility index (Phi) is 5.10. The Bertz CT molecular complexity index is 1070. The molecular formula is C19H16ClF3N4O3. The summed E-state index contributed by atoms with van der Waals surface area (Å²) in [6.07, 6.45) is -3.49. The van der Waals surface area contributed by atoms with Crippen LogP contribution in [0.3, 0.4) is 0 Å². The number of hydrogen-bond acceptors (Lipinski definition) is 5. The molecule has 0 saturated heterocycles. The number of nitrogens with zero attached hydrogens (tertiary/aromatic N) is 2. The number of anilines is 2. The van der Waals surface area contributed by atoms with E-state index in [-0.39, 0.29) is 23.6 Å². The molecule has 0 spiro atoms. The molecule has 7 nitrogen and oxygen atoms in total. The van der Waals surface area contributed by atoms with Crippen molar-refractivity contribution in [1.82, 2.24) is 9.78 Å². The average Bonchev–Trinajstić information content (AvgIpc) is 3.36. The van der Waals surface area contributed by atoms with Crippen molar-refractivity contribution in [3.63, 3.8) is 0 Å². The van der Waals surface area contributed by atoms with E-state index >= 15 is 0 Å². The van der Waals surface area contributed by atoms with Gasteiger partial charge >= 0.3 is 6.18 Å². The van der Waals surface area contributed by atoms with Crippen molar-refractivity contribution in [2.75, 3.05) is 17.7 Å². The summed E-state index contributed by atoms with van der Waals surface area (Å²) in [6.45, 7) is 0. The summed E-state index contributed by atoms with van der Waals surface area (Å²) in [6, 6.07) is 6.45. The van der Waals surface area contributed by atoms with Gasteiger partial charge in [-0.15, -0.1) is 0 Å². The summed E-state index contributed by atoms with van der Waals surface area (Å²) >= 11 is 5.95. The third kappa shape index (κ3) is 3.82. The number of carbonyl (C=O) groups excluding carboxylic acids is 1. The molecule has 3 aromatic rings. The van der Waals surface area contributed by atoms with Gasteiger partial charge in [-0.2, -0.15) is 18.3 Å². The van der Waals surface area contributed by atoms with Crippen LogP contribution in [0.2, 0.25) is 5.02 Å². The van der Waals surface area contributed by atoms with Gasteiger partial charge in [-0.05, 0) is 30.3 Å². The molecule has 0 aliphatic carbocycles. The highest BCUT2D eigenvalue weighted by Crippen LogP contribution is 2.43. The van der Waals surface area contributed by atoms with E-state index in [4.69, 9.17) is 20.8 Å². The Morgan fingerprint density at radius 1 is 1.37 bits per heavy atom. The summed E-state index contributed by atoms with van der Waals surface area (Å²) in [5.74, 6) is 0.0789. The molecule has 2 atom stereocenters. The standard InChI is InChI=1S/C19H16ClF3N4O3/c1-29-14-5-4-10(20)7-11(14)25-18(28)13-9-17-24-12(15-3-2-6-30-15)8-16(19(21,22)23)27(17)26-13/h2-7,9,12,16,24H,8H2,1H3,(H,25,28)/t12-,16+/m0/s1. The second kappa shape index (κ2) is 7.60. The van der Waals surface area contributed by atoms with E-state index in [1.54, 1.807) is 24.3 Å². The lowest BCUT2D eigenvalue weighted by Gasteiger charge is -2.32. The molecule has 1 aliphatic rings. The minimum Gasteiger partial charge on any atom is -0.495 e. The first-order valence-electron chi connectivity index (χ1n) is 8.87. The van der Waals surface area contributed by atoms with Gasteiger partial charge in [0.25, 0.3) is 5.91 Å². The van der Waals surface area contributed by atoms with Gasteiger partial charge in [0, 0.05) is 17.5 Å². The Morgan fingerprint density at radius 3 is 2.83 bits per heavy atom. The highest BCUT2D eigenvalue weighted by molar-refractivity contribution is 6.31. The maximum Gasteiger partial charge on any atom is 0.410 e. The molecule has 2 N–H and O–H groups in total. The lowest BCUT2D eigenvalue weighted by molar-refractivity contribution is -0.174. The van der Waals surface area contributed by atoms with Gasteiger partial charge in [0.05, 0.1) is 25.1 Å². The Morgan fingerprint density at radius 2 is 2.17 bits per heavy atom. The molecule has 0 radical (unpaired) electrons. The van der Waals surface area contributed by atoms with Crippen LogP contribution in [0.15, 0.2) is 47.1 Å². The number of fused-ring (bicyclic) bond motifs is 1. The van der Waals surface area contributed by atoms with E-state index in [2.05, 4.69) is 15.7 Å². The van der Waals surface area contributed by atoms with Gasteiger partial charge in [-0.3, -0.25) is 4.79 Å². The summed E-state index contributed by atoms with van der Waals surface area (Å²) < 4.78 is 52.3. The number of ether oxygens (including phenoxy) is 1. The second-order valence-electron chi connectivity index (χ2n) is 6.66. The molecule has 1 aliphatic heterocycles. The summed E-state index contributed by atoms with van der Waals surface area (Å²) in [4.78, 5) is 12.7. The Balaban J connectivity index is 1.65. The number of halogens is 4. The topological polar surface area (TPSA) is 81.3 Å². The largest absolute Gasteiger partial charge is 0.495 e. The van der Waals surface area contributed by atoms with Gasteiger partial charge in [-0.1, -0.05) is 11.6 Å². The molecule has 3 heterocycles. The van der Waals surface area contributed by atoms with Crippen LogP contribution in [0.5, 0.6) is 5.75 Å². The molecule has 1 amide bonds. The van der Waals surface area contributed by atoms with Crippen molar-refractivity contribution in [2.45, 2.75) is 24.7 Å². The zero-order valence-corrected chi connectivity index (χ0v) is 16.3. The van der Waals surface area contributed by atoms with Crippen LogP contribution in [-0.4, -0.2) is 29.0 Å². The fourth-order valence-electron chi connectivity index (χ4n) is 3.32. The minimum absolute atomic E-state index is 0.0631. The van der Waals surface area contributed by atoms with E-state index in [1.807, 2.05) is 0 Å². The Hall–Kier alpha value is -3.14. The van der Waals surface area contributed by atoms with Crippen LogP contribution >= 0.6 is 11.6 Å². The second-order valence-corrected chi connectivity index (χ2v) is 7.10. The van der Waals surface area contributed by atoms with Crippen LogP contribution in [0.25, 0.3) is 0 Å². The van der Waals surface area contributed by atoms with Crippen LogP contribution in [0, 0.1) is 0 Å². The van der Waals surface area contributed by atoms with E-state index < -0.39 is 24.2 Å². The fourth-order valence-corrected chi connectivity index (χ4v) is 3.50. The monoisotopic (exact) mass is 440 g/mol. The highest BCUT2D eigenvalue weighted by atomic mass is 35.5. The van der Waals surface area contributed by atoms with Gasteiger partial charge < -0.3 is 19.8 Å². The van der Waals surface area contributed by atoms with Gasteiger partial charge in [0.15, 0.2) is 11.7 Å². The van der Waals surface area contributed by atoms with Gasteiger partial charge in [0.1, 0.15) is 17.3 Å². The third-order valence-electron chi connectivity index (χ3n) is 4.72. The normalized spacial score (nSPS) is 18.4. The number of aromatic nitrogens is 2. The first-order chi connectivity index (χ1) is 14.3. The minimum atomic E-state index is -4.56. The van der Waals surface area contributed by atoms with E-state index in [0.717, 1.165) is 4.68 Å². The van der Waals surface area contributed by atoms with Crippen LogP contribution in [-0.2, 0) is 0 Å². The first kappa shape index (κ1) is 20.1. The number of rotatable bonds is 4. The quantitative estimate of drug-likeness (QED) is 0.593. The lowest BCUT2D eigenvalue weighted by Crippen LogP contribution is -2.35. The molecule has 0 saturated carbocycles. The predicted molar refractivity (Wildman–Crippen MR) is 103 cm³/mol. The molecule has 4 rings (SSSR count). The SMILES string of the molecule is COc1ccc(Cl)cc1NC(=O)c1cc2n(n1)[C@@H](C(F)(F)F)C[C@@H](c1ccco1)N2. The third-order valence-corrected chi connectivity index (χ3v) is 4.95. The maximum atomic E-state index is 13.7. The molecule has 0 bridgehead atoms. The molecule has 11 heteroatoms. The van der Waals surface area contributed by atoms with Gasteiger partial charge in [-0.25, -0.2) is 4.68 Å². The summed E-state index contributed by atoms with van der Waals surface area (Å²) in [5, 5.41) is 9.78. The number of alkyl halides is 3. The van der Waals surface area contributed by atoms with Crippen LogP contribution < -0.4 is 15.4 Å². The number of carbonyl (C=O) groups is 1. The van der Waals surface area contributed by atoms with Crippen molar-refractivity contribution in [3.8, 4) is 5.75 Å². The van der Waals surface area contributed by atoms with Crippen LogP contribution in [0.1, 0.15) is 34.8 Å². The smallest absolute Gasteiger partial charge is 0.410 e. The molecule has 1 aromatic carbocycles. The molecule has 0 unspecified atom stereocenters. The van der Waals surface area contributed by atoms with Crippen molar-refractivity contribution >= 4 is 29.0 Å². The zero-order valence-electron chi connectivity index (χ0n) is 15.5. The van der Waals surface area contributed by atoms with Crippen molar-refractivity contribution in [3.05, 3.63) is 59.1 Å². The van der Waals surface area contributed by atoms with Crippen LogP contribution in [0.4, 0.5) is 24.7 Å². The van der Waals surface area contributed by atoms with Gasteiger partial charge in [0.2, 0.25) is 0 Å². The lowest BCUT2D eigenvalue weighted by atomic mass is 10.0. The zero-order chi connectivity index (χ0) is 21.5. The first-order valence-corrected chi connectivity index (χ1v) is 9.25. The highest BCUT2D eigenvalue weighted by Gasteiger charge is 2.47. The predicted octanol–water partition coefficient (Wildman–Crippen LogP) is 5.05. The Labute approximate surface area is 173 Å². The molecule has 0 fully saturated rings. The molecular weight excluding hydrogens is 425 g/mol. The summed E-state index contributed by atoms with van der Waals surface area (Å²) in [5.41, 5.74) is 0.0867. The average molecular weight is 441 g/mol. The number of hydrogen-bond donors (Lipinski definition) is 2. The number of benzene rings is 1. The van der Waals surface area contributed by atoms with E-state index in [9.17, 15) is 18.0 Å². The summed E-state index contributed by atoms with van der Waals surface area (Å²) in [7, 11) is 1.42. The maximum absolute atomic E-state index is 13.7. The van der Waals surface area contributed by atoms with E-state index in [0.29, 0.717) is 16.5 Å². The number of amides is 1. The number of nitrogens with one attached hydrogen (secondary N) is 2. The fraction of sp³-hybridized carbons (Fsp3) is 0.263. The molecule has 30 heavy (non-hydrogen) atoms. The van der Waals surface area contributed by atoms with Crippen molar-refractivity contribution in [1.29, 1.82) is 0 Å². The number of methoxy groups -OCH3 is 1.